The molecule has 0 spiro atoms. The van der Waals surface area contributed by atoms with Crippen molar-refractivity contribution >= 4 is 5.97 Å². The maximum atomic E-state index is 14.0. The molecular formula is C17H6F12O2. The number of carbonyl (C=O) groups excluding carboxylic acids is 1. The summed E-state index contributed by atoms with van der Waals surface area (Å²) >= 11 is 0. The number of benzene rings is 2. The van der Waals surface area contributed by atoms with E-state index in [-0.39, 0.29) is 18.2 Å². The van der Waals surface area contributed by atoms with Crippen molar-refractivity contribution in [1.29, 1.82) is 0 Å². The van der Waals surface area contributed by atoms with Crippen molar-refractivity contribution < 1.29 is 62.2 Å². The van der Waals surface area contributed by atoms with Gasteiger partial charge >= 0.3 is 24.5 Å². The van der Waals surface area contributed by atoms with Gasteiger partial charge < -0.3 is 4.74 Å². The Morgan fingerprint density at radius 2 is 1.16 bits per heavy atom. The van der Waals surface area contributed by atoms with Gasteiger partial charge in [0, 0.05) is 5.56 Å². The number of alkyl halides is 9. The van der Waals surface area contributed by atoms with E-state index in [0.717, 1.165) is 0 Å². The van der Waals surface area contributed by atoms with Gasteiger partial charge in [-0.15, -0.1) is 0 Å². The van der Waals surface area contributed by atoms with E-state index < -0.39 is 75.5 Å². The van der Waals surface area contributed by atoms with Crippen molar-refractivity contribution in [3.8, 4) is 5.75 Å². The Balaban J connectivity index is 2.61. The maximum absolute atomic E-state index is 14.0. The topological polar surface area (TPSA) is 26.3 Å². The molecule has 0 unspecified atom stereocenters. The summed E-state index contributed by atoms with van der Waals surface area (Å²) in [5.74, 6) is -11.7. The molecule has 0 aliphatic rings. The molecule has 0 atom stereocenters. The van der Waals surface area contributed by atoms with Crippen LogP contribution in [0.25, 0.3) is 0 Å². The van der Waals surface area contributed by atoms with Crippen molar-refractivity contribution in [1.82, 2.24) is 0 Å². The first kappa shape index (κ1) is 24.3. The zero-order valence-corrected chi connectivity index (χ0v) is 14.6. The number of rotatable bonds is 2. The van der Waals surface area contributed by atoms with E-state index in [1.165, 1.54) is 0 Å². The van der Waals surface area contributed by atoms with Gasteiger partial charge in [-0.2, -0.15) is 43.9 Å². The standard InChI is InChI=1S/C17H6F12O2/c1-5-10(18)9(17(27,28)29)11(19)12(20)13(5)31-14(30)6-2-7(15(21,22)23)4-8(3-6)16(24,25)26/h2-4H,1H3. The molecule has 170 valence electrons. The molecule has 0 heterocycles. The number of esters is 1. The minimum Gasteiger partial charge on any atom is -0.419 e. The predicted octanol–water partition coefficient (Wildman–Crippen LogP) is 6.69. The smallest absolute Gasteiger partial charge is 0.419 e. The van der Waals surface area contributed by atoms with Gasteiger partial charge in [-0.25, -0.2) is 13.6 Å². The first-order valence-electron chi connectivity index (χ1n) is 7.61. The number of halogens is 12. The molecular weight excluding hydrogens is 464 g/mol. The van der Waals surface area contributed by atoms with Crippen LogP contribution in [0.5, 0.6) is 5.75 Å². The molecule has 0 fully saturated rings. The Labute approximate surface area is 164 Å². The minimum atomic E-state index is -5.70. The predicted molar refractivity (Wildman–Crippen MR) is 77.5 cm³/mol. The number of ether oxygens (including phenoxy) is 1. The van der Waals surface area contributed by atoms with Crippen LogP contribution in [0.2, 0.25) is 0 Å². The Morgan fingerprint density at radius 1 is 0.710 bits per heavy atom. The molecule has 0 saturated carbocycles. The third-order valence-corrected chi connectivity index (χ3v) is 3.80. The molecule has 0 N–H and O–H groups in total. The second-order valence-corrected chi connectivity index (χ2v) is 5.95. The molecule has 2 aromatic carbocycles. The highest BCUT2D eigenvalue weighted by molar-refractivity contribution is 5.91. The van der Waals surface area contributed by atoms with Crippen LogP contribution >= 0.6 is 0 Å². The molecule has 0 saturated heterocycles. The van der Waals surface area contributed by atoms with Gasteiger partial charge in [-0.05, 0) is 25.1 Å². The van der Waals surface area contributed by atoms with Crippen LogP contribution in [-0.4, -0.2) is 5.97 Å². The fraction of sp³-hybridized carbons (Fsp3) is 0.235. The molecule has 0 amide bonds. The van der Waals surface area contributed by atoms with E-state index in [9.17, 15) is 57.5 Å². The summed E-state index contributed by atoms with van der Waals surface area (Å²) in [6.45, 7) is 0.420. The monoisotopic (exact) mass is 470 g/mol. The van der Waals surface area contributed by atoms with Crippen molar-refractivity contribution in [2.24, 2.45) is 0 Å². The first-order chi connectivity index (χ1) is 13.9. The Bertz CT molecular complexity index is 970. The molecule has 31 heavy (non-hydrogen) atoms. The average molecular weight is 470 g/mol. The Kier molecular flexibility index (Phi) is 6.00. The SMILES string of the molecule is Cc1c(F)c(C(F)(F)F)c(F)c(F)c1OC(=O)c1cc(C(F)(F)F)cc(C(F)(F)F)c1. The van der Waals surface area contributed by atoms with Gasteiger partial charge in [0.1, 0.15) is 11.4 Å². The molecule has 0 aromatic heterocycles. The third kappa shape index (κ3) is 4.88. The van der Waals surface area contributed by atoms with Crippen LogP contribution in [0.1, 0.15) is 32.6 Å². The highest BCUT2D eigenvalue weighted by Gasteiger charge is 2.42. The molecule has 0 bridgehead atoms. The van der Waals surface area contributed by atoms with Crippen LogP contribution in [0, 0.1) is 24.4 Å². The fourth-order valence-corrected chi connectivity index (χ4v) is 2.35. The van der Waals surface area contributed by atoms with Crippen molar-refractivity contribution in [2.45, 2.75) is 25.5 Å². The summed E-state index contributed by atoms with van der Waals surface area (Å²) in [6, 6.07) is -0.594. The van der Waals surface area contributed by atoms with Gasteiger partial charge in [-0.1, -0.05) is 0 Å². The second kappa shape index (κ2) is 7.64. The molecule has 0 radical (unpaired) electrons. The minimum absolute atomic E-state index is 0.123. The van der Waals surface area contributed by atoms with E-state index in [0.29, 0.717) is 6.92 Å². The van der Waals surface area contributed by atoms with Gasteiger partial charge in [0.05, 0.1) is 16.7 Å². The summed E-state index contributed by atoms with van der Waals surface area (Å²) < 4.78 is 161. The summed E-state index contributed by atoms with van der Waals surface area (Å²) in [6.07, 6.45) is -16.4. The number of carbonyl (C=O) groups is 1. The van der Waals surface area contributed by atoms with Crippen LogP contribution in [0.3, 0.4) is 0 Å². The Morgan fingerprint density at radius 3 is 1.55 bits per heavy atom. The highest BCUT2D eigenvalue weighted by atomic mass is 19.4. The summed E-state index contributed by atoms with van der Waals surface area (Å²) in [5, 5.41) is 0. The normalized spacial score (nSPS) is 12.8. The van der Waals surface area contributed by atoms with Crippen LogP contribution in [0.4, 0.5) is 52.7 Å². The average Bonchev–Trinajstić information content (AvgIpc) is 2.60. The van der Waals surface area contributed by atoms with Gasteiger partial charge in [0.2, 0.25) is 5.82 Å². The zero-order chi connectivity index (χ0) is 24.1. The first-order valence-corrected chi connectivity index (χ1v) is 7.61. The summed E-state index contributed by atoms with van der Waals surface area (Å²) in [4.78, 5) is 12.0. The van der Waals surface area contributed by atoms with E-state index in [1.54, 1.807) is 0 Å². The molecule has 0 aliphatic carbocycles. The Hall–Kier alpha value is -2.93. The maximum Gasteiger partial charge on any atom is 0.422 e. The van der Waals surface area contributed by atoms with Crippen molar-refractivity contribution in [3.63, 3.8) is 0 Å². The molecule has 2 rings (SSSR count). The van der Waals surface area contributed by atoms with Crippen LogP contribution in [0.15, 0.2) is 18.2 Å². The van der Waals surface area contributed by atoms with Gasteiger partial charge in [0.25, 0.3) is 0 Å². The van der Waals surface area contributed by atoms with E-state index in [2.05, 4.69) is 4.74 Å². The third-order valence-electron chi connectivity index (χ3n) is 3.80. The lowest BCUT2D eigenvalue weighted by atomic mass is 10.0. The largest absolute Gasteiger partial charge is 0.422 e. The van der Waals surface area contributed by atoms with Crippen LogP contribution in [-0.2, 0) is 18.5 Å². The van der Waals surface area contributed by atoms with Gasteiger partial charge in [0.15, 0.2) is 11.6 Å². The lowest BCUT2D eigenvalue weighted by molar-refractivity contribution is -0.144. The van der Waals surface area contributed by atoms with E-state index in [1.807, 2.05) is 0 Å². The molecule has 2 aromatic rings. The van der Waals surface area contributed by atoms with Gasteiger partial charge in [-0.3, -0.25) is 0 Å². The summed E-state index contributed by atoms with van der Waals surface area (Å²) in [5.41, 5.74) is -9.45. The molecule has 14 heteroatoms. The van der Waals surface area contributed by atoms with E-state index in [4.69, 9.17) is 0 Å². The summed E-state index contributed by atoms with van der Waals surface area (Å²) in [7, 11) is 0. The molecule has 2 nitrogen and oxygen atoms in total. The molecule has 0 aliphatic heterocycles. The second-order valence-electron chi connectivity index (χ2n) is 5.95. The highest BCUT2D eigenvalue weighted by Crippen LogP contribution is 2.40. The quantitative estimate of drug-likeness (QED) is 0.212. The zero-order valence-electron chi connectivity index (χ0n) is 14.6. The lowest BCUT2D eigenvalue weighted by Gasteiger charge is -2.16. The fourth-order valence-electron chi connectivity index (χ4n) is 2.35. The number of hydrogen-bond acceptors (Lipinski definition) is 2. The van der Waals surface area contributed by atoms with Crippen LogP contribution < -0.4 is 4.74 Å². The van der Waals surface area contributed by atoms with E-state index >= 15 is 0 Å². The lowest BCUT2D eigenvalue weighted by Crippen LogP contribution is -2.19. The van der Waals surface area contributed by atoms with Crippen molar-refractivity contribution in [3.05, 3.63) is 63.5 Å². The van der Waals surface area contributed by atoms with Crippen molar-refractivity contribution in [2.75, 3.05) is 0 Å². The number of hydrogen-bond donors (Lipinski definition) is 0.